The molecular formula is C29H25FN6O3. The highest BCUT2D eigenvalue weighted by molar-refractivity contribution is 6.05. The Bertz CT molecular complexity index is 1660. The van der Waals surface area contributed by atoms with Gasteiger partial charge in [0.2, 0.25) is 0 Å². The van der Waals surface area contributed by atoms with Crippen LogP contribution in [0.3, 0.4) is 0 Å². The summed E-state index contributed by atoms with van der Waals surface area (Å²) in [7, 11) is 0. The summed E-state index contributed by atoms with van der Waals surface area (Å²) in [5.41, 5.74) is 1.84. The molecule has 0 unspecified atom stereocenters. The van der Waals surface area contributed by atoms with Crippen LogP contribution in [-0.4, -0.2) is 48.4 Å². The summed E-state index contributed by atoms with van der Waals surface area (Å²) in [4.78, 5) is 21.8. The zero-order valence-electron chi connectivity index (χ0n) is 21.1. The maximum Gasteiger partial charge on any atom is 0.253 e. The molecule has 3 heterocycles. The molecular weight excluding hydrogens is 499 g/mol. The molecule has 1 amide bonds. The first kappa shape index (κ1) is 24.5. The molecule has 9 nitrogen and oxygen atoms in total. The van der Waals surface area contributed by atoms with Gasteiger partial charge in [-0.15, -0.1) is 10.2 Å². The molecule has 5 aromatic rings. The number of pyridine rings is 2. The third-order valence-electron chi connectivity index (χ3n) is 6.84. The van der Waals surface area contributed by atoms with Crippen molar-refractivity contribution in [3.63, 3.8) is 0 Å². The number of hydrogen-bond acceptors (Lipinski definition) is 7. The van der Waals surface area contributed by atoms with Crippen molar-refractivity contribution in [1.82, 2.24) is 30.0 Å². The van der Waals surface area contributed by atoms with Gasteiger partial charge in [0, 0.05) is 17.3 Å². The lowest BCUT2D eigenvalue weighted by molar-refractivity contribution is 0.0908. The first-order valence-corrected chi connectivity index (χ1v) is 12.7. The SMILES string of the molecule is CCOc1ccc(-c2nnc(C3CC(NC(=O)c4cccc5cc(O)cnc45)C3)n2-c2ccccc2F)nc1. The highest BCUT2D eigenvalue weighted by Crippen LogP contribution is 2.39. The Hall–Kier alpha value is -4.86. The molecule has 0 spiro atoms. The lowest BCUT2D eigenvalue weighted by Crippen LogP contribution is -2.44. The van der Waals surface area contributed by atoms with E-state index in [1.807, 2.05) is 6.92 Å². The first-order chi connectivity index (χ1) is 19.0. The van der Waals surface area contributed by atoms with E-state index in [0.717, 1.165) is 0 Å². The molecule has 1 aliphatic carbocycles. The van der Waals surface area contributed by atoms with E-state index in [9.17, 15) is 14.3 Å². The minimum atomic E-state index is -0.399. The van der Waals surface area contributed by atoms with Crippen molar-refractivity contribution in [1.29, 1.82) is 0 Å². The maximum absolute atomic E-state index is 15.0. The minimum Gasteiger partial charge on any atom is -0.506 e. The van der Waals surface area contributed by atoms with E-state index in [1.54, 1.807) is 65.4 Å². The van der Waals surface area contributed by atoms with Gasteiger partial charge in [0.1, 0.15) is 28.8 Å². The lowest BCUT2D eigenvalue weighted by Gasteiger charge is -2.35. The quantitative estimate of drug-likeness (QED) is 0.314. The Balaban J connectivity index is 1.25. The molecule has 2 aromatic carbocycles. The Labute approximate surface area is 223 Å². The highest BCUT2D eigenvalue weighted by Gasteiger charge is 2.36. The maximum atomic E-state index is 15.0. The third kappa shape index (κ3) is 4.65. The van der Waals surface area contributed by atoms with Crippen LogP contribution in [0.1, 0.15) is 41.9 Å². The Morgan fingerprint density at radius 1 is 1.08 bits per heavy atom. The number of benzene rings is 2. The molecule has 196 valence electrons. The number of carbonyl (C=O) groups excluding carboxylic acids is 1. The van der Waals surface area contributed by atoms with Gasteiger partial charge in [-0.3, -0.25) is 14.3 Å². The van der Waals surface area contributed by atoms with Crippen LogP contribution in [0.4, 0.5) is 4.39 Å². The van der Waals surface area contributed by atoms with Gasteiger partial charge in [0.05, 0.1) is 35.8 Å². The van der Waals surface area contributed by atoms with Gasteiger partial charge in [-0.1, -0.05) is 24.3 Å². The summed E-state index contributed by atoms with van der Waals surface area (Å²) >= 11 is 0. The Kier molecular flexibility index (Phi) is 6.36. The molecule has 0 aliphatic heterocycles. The van der Waals surface area contributed by atoms with Crippen molar-refractivity contribution in [2.24, 2.45) is 0 Å². The number of fused-ring (bicyclic) bond motifs is 1. The zero-order chi connectivity index (χ0) is 26.9. The van der Waals surface area contributed by atoms with Crippen LogP contribution in [0.25, 0.3) is 28.1 Å². The molecule has 0 bridgehead atoms. The second-order valence-electron chi connectivity index (χ2n) is 9.39. The minimum absolute atomic E-state index is 0.0403. The summed E-state index contributed by atoms with van der Waals surface area (Å²) < 4.78 is 22.2. The number of ether oxygens (including phenoxy) is 1. The first-order valence-electron chi connectivity index (χ1n) is 12.7. The number of halogens is 1. The third-order valence-corrected chi connectivity index (χ3v) is 6.84. The normalized spacial score (nSPS) is 16.6. The Morgan fingerprint density at radius 2 is 1.92 bits per heavy atom. The van der Waals surface area contributed by atoms with E-state index < -0.39 is 5.82 Å². The number of aromatic nitrogens is 5. The van der Waals surface area contributed by atoms with Gasteiger partial charge >= 0.3 is 0 Å². The molecule has 1 fully saturated rings. The molecule has 2 N–H and O–H groups in total. The van der Waals surface area contributed by atoms with E-state index in [1.165, 1.54) is 12.3 Å². The van der Waals surface area contributed by atoms with E-state index >= 15 is 0 Å². The summed E-state index contributed by atoms with van der Waals surface area (Å²) in [6.07, 6.45) is 4.17. The molecule has 0 atom stereocenters. The topological polar surface area (TPSA) is 115 Å². The number of rotatable bonds is 7. The van der Waals surface area contributed by atoms with Crippen LogP contribution < -0.4 is 10.1 Å². The number of para-hydroxylation sites is 2. The van der Waals surface area contributed by atoms with Crippen molar-refractivity contribution in [3.05, 3.63) is 90.3 Å². The van der Waals surface area contributed by atoms with Gasteiger partial charge in [0.25, 0.3) is 5.91 Å². The van der Waals surface area contributed by atoms with E-state index in [4.69, 9.17) is 4.74 Å². The van der Waals surface area contributed by atoms with Crippen LogP contribution >= 0.6 is 0 Å². The van der Waals surface area contributed by atoms with Crippen LogP contribution in [0.2, 0.25) is 0 Å². The fourth-order valence-corrected chi connectivity index (χ4v) is 4.90. The molecule has 10 heteroatoms. The predicted molar refractivity (Wildman–Crippen MR) is 142 cm³/mol. The standard InChI is InChI=1S/C29H25FN6O3/c1-2-39-21-10-11-24(31-16-21)28-35-34-27(36(28)25-9-4-3-8-23(25)30)18-12-19(13-18)33-29(38)22-7-5-6-17-14-20(37)15-32-26(17)22/h3-11,14-16,18-19,37H,2,12-13H2,1H3,(H,33,38). The lowest BCUT2D eigenvalue weighted by atomic mass is 9.79. The van der Waals surface area contributed by atoms with Crippen molar-refractivity contribution in [2.75, 3.05) is 6.61 Å². The van der Waals surface area contributed by atoms with Crippen LogP contribution in [0.5, 0.6) is 11.5 Å². The van der Waals surface area contributed by atoms with Crippen molar-refractivity contribution in [3.8, 4) is 28.7 Å². The smallest absolute Gasteiger partial charge is 0.253 e. The average Bonchev–Trinajstić information content (AvgIpc) is 3.35. The van der Waals surface area contributed by atoms with Crippen LogP contribution in [-0.2, 0) is 0 Å². The molecule has 39 heavy (non-hydrogen) atoms. The monoisotopic (exact) mass is 524 g/mol. The Morgan fingerprint density at radius 3 is 2.69 bits per heavy atom. The van der Waals surface area contributed by atoms with E-state index in [2.05, 4.69) is 25.5 Å². The average molecular weight is 525 g/mol. The van der Waals surface area contributed by atoms with Gasteiger partial charge in [-0.2, -0.15) is 0 Å². The van der Waals surface area contributed by atoms with Gasteiger partial charge in [-0.05, 0) is 56.2 Å². The number of carbonyl (C=O) groups is 1. The predicted octanol–water partition coefficient (Wildman–Crippen LogP) is 4.80. The zero-order valence-corrected chi connectivity index (χ0v) is 21.1. The van der Waals surface area contributed by atoms with E-state index in [0.29, 0.717) is 64.7 Å². The van der Waals surface area contributed by atoms with E-state index in [-0.39, 0.29) is 23.6 Å². The van der Waals surface area contributed by atoms with Crippen LogP contribution in [0, 0.1) is 5.82 Å². The molecule has 0 radical (unpaired) electrons. The molecule has 1 saturated carbocycles. The fourth-order valence-electron chi connectivity index (χ4n) is 4.90. The number of nitrogens with zero attached hydrogens (tertiary/aromatic N) is 5. The van der Waals surface area contributed by atoms with Gasteiger partial charge in [-0.25, -0.2) is 9.37 Å². The number of nitrogens with one attached hydrogen (secondary N) is 1. The second kappa shape index (κ2) is 10.1. The molecule has 6 rings (SSSR count). The number of amides is 1. The van der Waals surface area contributed by atoms with Crippen molar-refractivity contribution < 1.29 is 19.0 Å². The largest absolute Gasteiger partial charge is 0.506 e. The fraction of sp³-hybridized carbons (Fsp3) is 0.207. The molecule has 0 saturated heterocycles. The van der Waals surface area contributed by atoms with Crippen LogP contribution in [0.15, 0.2) is 73.1 Å². The second-order valence-corrected chi connectivity index (χ2v) is 9.39. The van der Waals surface area contributed by atoms with Gasteiger partial charge < -0.3 is 15.2 Å². The molecule has 1 aliphatic rings. The van der Waals surface area contributed by atoms with Gasteiger partial charge in [0.15, 0.2) is 5.82 Å². The summed E-state index contributed by atoms with van der Waals surface area (Å²) in [6.45, 7) is 2.42. The highest BCUT2D eigenvalue weighted by atomic mass is 19.1. The number of hydrogen-bond donors (Lipinski definition) is 2. The molecule has 3 aromatic heterocycles. The van der Waals surface area contributed by atoms with Crippen molar-refractivity contribution >= 4 is 16.8 Å². The summed E-state index contributed by atoms with van der Waals surface area (Å²) in [5, 5.41) is 22.3. The summed E-state index contributed by atoms with van der Waals surface area (Å²) in [6, 6.07) is 16.8. The number of aromatic hydroxyl groups is 1. The van der Waals surface area contributed by atoms with Crippen molar-refractivity contribution in [2.45, 2.75) is 31.7 Å². The summed E-state index contributed by atoms with van der Waals surface area (Å²) in [5.74, 6) is 1.03.